The Bertz CT molecular complexity index is 451. The summed E-state index contributed by atoms with van der Waals surface area (Å²) in [6.45, 7) is 9.65. The third-order valence-electron chi connectivity index (χ3n) is 3.91. The van der Waals surface area contributed by atoms with Gasteiger partial charge < -0.3 is 14.8 Å². The van der Waals surface area contributed by atoms with E-state index < -0.39 is 0 Å². The highest BCUT2D eigenvalue weighted by Gasteiger charge is 2.22. The van der Waals surface area contributed by atoms with Gasteiger partial charge in [0.2, 0.25) is 0 Å². The second-order valence-corrected chi connectivity index (χ2v) is 6.69. The fourth-order valence-electron chi connectivity index (χ4n) is 2.57. The van der Waals surface area contributed by atoms with Crippen molar-refractivity contribution in [1.29, 1.82) is 0 Å². The van der Waals surface area contributed by atoms with Gasteiger partial charge in [-0.2, -0.15) is 0 Å². The summed E-state index contributed by atoms with van der Waals surface area (Å²) in [6.07, 6.45) is 3.00. The number of nitrogens with one attached hydrogen (secondary N) is 1. The average Bonchev–Trinajstić information content (AvgIpc) is 2.80. The fraction of sp³-hybridized carbons (Fsp3) is 0.647. The highest BCUT2D eigenvalue weighted by molar-refractivity contribution is 5.59. The molecule has 0 bridgehead atoms. The zero-order valence-corrected chi connectivity index (χ0v) is 13.3. The Morgan fingerprint density at radius 2 is 2.05 bits per heavy atom. The molecule has 2 unspecified atom stereocenters. The van der Waals surface area contributed by atoms with E-state index in [-0.39, 0.29) is 5.41 Å². The number of ether oxygens (including phenoxy) is 2. The maximum absolute atomic E-state index is 5.85. The molecule has 1 heterocycles. The Balaban J connectivity index is 2.08. The minimum atomic E-state index is 0.140. The van der Waals surface area contributed by atoms with Crippen molar-refractivity contribution in [3.63, 3.8) is 0 Å². The minimum absolute atomic E-state index is 0.140. The number of rotatable bonds is 4. The number of benzene rings is 1. The van der Waals surface area contributed by atoms with E-state index in [1.165, 1.54) is 5.56 Å². The Labute approximate surface area is 122 Å². The van der Waals surface area contributed by atoms with E-state index in [1.54, 1.807) is 7.11 Å². The van der Waals surface area contributed by atoms with Gasteiger partial charge in [-0.1, -0.05) is 26.8 Å². The summed E-state index contributed by atoms with van der Waals surface area (Å²) in [5.74, 6) is 0.893. The quantitative estimate of drug-likeness (QED) is 0.903. The highest BCUT2D eigenvalue weighted by atomic mass is 16.5. The zero-order valence-electron chi connectivity index (χ0n) is 13.3. The second kappa shape index (κ2) is 6.04. The molecule has 0 spiro atoms. The van der Waals surface area contributed by atoms with Gasteiger partial charge in [0.25, 0.3) is 0 Å². The number of hydrogen-bond acceptors (Lipinski definition) is 3. The van der Waals surface area contributed by atoms with Crippen LogP contribution in [0.2, 0.25) is 0 Å². The van der Waals surface area contributed by atoms with E-state index in [4.69, 9.17) is 9.47 Å². The first-order chi connectivity index (χ1) is 9.40. The standard InChI is InChI=1S/C17H27NO2/c1-12-6-8-14(20-12)11-18-15-10-13(17(2,3)4)7-9-16(15)19-5/h7,9-10,12,14,18H,6,8,11H2,1-5H3. The molecule has 1 N–H and O–H groups in total. The molecule has 20 heavy (non-hydrogen) atoms. The monoisotopic (exact) mass is 277 g/mol. The van der Waals surface area contributed by atoms with E-state index >= 15 is 0 Å². The first-order valence-corrected chi connectivity index (χ1v) is 7.48. The normalized spacial score (nSPS) is 22.9. The number of anilines is 1. The van der Waals surface area contributed by atoms with Crippen LogP contribution >= 0.6 is 0 Å². The summed E-state index contributed by atoms with van der Waals surface area (Å²) in [7, 11) is 1.71. The lowest BCUT2D eigenvalue weighted by atomic mass is 9.87. The van der Waals surface area contributed by atoms with Crippen molar-refractivity contribution in [2.24, 2.45) is 0 Å². The van der Waals surface area contributed by atoms with Crippen LogP contribution in [0, 0.1) is 0 Å². The summed E-state index contributed by atoms with van der Waals surface area (Å²) < 4.78 is 11.3. The van der Waals surface area contributed by atoms with Crippen LogP contribution in [0.5, 0.6) is 5.75 Å². The zero-order chi connectivity index (χ0) is 14.8. The van der Waals surface area contributed by atoms with Crippen molar-refractivity contribution in [1.82, 2.24) is 0 Å². The second-order valence-electron chi connectivity index (χ2n) is 6.69. The van der Waals surface area contributed by atoms with E-state index in [0.29, 0.717) is 12.2 Å². The first kappa shape index (κ1) is 15.2. The summed E-state index contributed by atoms with van der Waals surface area (Å²) in [6, 6.07) is 6.37. The molecule has 0 aromatic heterocycles. The van der Waals surface area contributed by atoms with Gasteiger partial charge >= 0.3 is 0 Å². The average molecular weight is 277 g/mol. The van der Waals surface area contributed by atoms with Crippen LogP contribution < -0.4 is 10.1 Å². The summed E-state index contributed by atoms with van der Waals surface area (Å²) in [4.78, 5) is 0. The van der Waals surface area contributed by atoms with Gasteiger partial charge in [0.15, 0.2) is 0 Å². The highest BCUT2D eigenvalue weighted by Crippen LogP contribution is 2.31. The van der Waals surface area contributed by atoms with Crippen LogP contribution in [0.4, 0.5) is 5.69 Å². The first-order valence-electron chi connectivity index (χ1n) is 7.48. The third kappa shape index (κ3) is 3.66. The smallest absolute Gasteiger partial charge is 0.141 e. The van der Waals surface area contributed by atoms with Gasteiger partial charge in [-0.05, 0) is 42.9 Å². The van der Waals surface area contributed by atoms with Gasteiger partial charge in [-0.15, -0.1) is 0 Å². The van der Waals surface area contributed by atoms with Crippen molar-refractivity contribution in [3.05, 3.63) is 23.8 Å². The van der Waals surface area contributed by atoms with Crippen molar-refractivity contribution in [2.75, 3.05) is 19.0 Å². The van der Waals surface area contributed by atoms with E-state index in [9.17, 15) is 0 Å². The predicted octanol–water partition coefficient (Wildman–Crippen LogP) is 3.97. The molecule has 0 saturated carbocycles. The molecule has 1 saturated heterocycles. The topological polar surface area (TPSA) is 30.5 Å². The molecule has 3 nitrogen and oxygen atoms in total. The maximum Gasteiger partial charge on any atom is 0.141 e. The maximum atomic E-state index is 5.85. The summed E-state index contributed by atoms with van der Waals surface area (Å²) in [5.41, 5.74) is 2.51. The molecule has 2 rings (SSSR count). The molecule has 1 fully saturated rings. The lowest BCUT2D eigenvalue weighted by molar-refractivity contribution is 0.0637. The lowest BCUT2D eigenvalue weighted by Gasteiger charge is -2.22. The number of methoxy groups -OCH3 is 1. The van der Waals surface area contributed by atoms with E-state index in [0.717, 1.165) is 30.8 Å². The largest absolute Gasteiger partial charge is 0.495 e. The summed E-state index contributed by atoms with van der Waals surface area (Å²) in [5, 5.41) is 3.49. The van der Waals surface area contributed by atoms with Crippen LogP contribution in [-0.4, -0.2) is 25.9 Å². The van der Waals surface area contributed by atoms with Gasteiger partial charge in [0.05, 0.1) is 25.0 Å². The molecule has 2 atom stereocenters. The molecule has 1 aliphatic rings. The predicted molar refractivity (Wildman–Crippen MR) is 83.8 cm³/mol. The molecule has 1 aliphatic heterocycles. The molecule has 0 amide bonds. The van der Waals surface area contributed by atoms with Crippen LogP contribution in [0.15, 0.2) is 18.2 Å². The van der Waals surface area contributed by atoms with Gasteiger partial charge in [0, 0.05) is 6.54 Å². The summed E-state index contributed by atoms with van der Waals surface area (Å²) >= 11 is 0. The SMILES string of the molecule is COc1ccc(C(C)(C)C)cc1NCC1CCC(C)O1. The Hall–Kier alpha value is -1.22. The molecule has 1 aromatic carbocycles. The molecule has 0 aliphatic carbocycles. The Morgan fingerprint density at radius 3 is 2.60 bits per heavy atom. The Kier molecular flexibility index (Phi) is 4.59. The molecule has 1 aromatic rings. The molecular formula is C17H27NO2. The van der Waals surface area contributed by atoms with Crippen molar-refractivity contribution in [2.45, 2.75) is 58.2 Å². The van der Waals surface area contributed by atoms with E-state index in [1.807, 2.05) is 6.07 Å². The van der Waals surface area contributed by atoms with Crippen molar-refractivity contribution >= 4 is 5.69 Å². The molecular weight excluding hydrogens is 250 g/mol. The fourth-order valence-corrected chi connectivity index (χ4v) is 2.57. The van der Waals surface area contributed by atoms with Gasteiger partial charge in [0.1, 0.15) is 5.75 Å². The van der Waals surface area contributed by atoms with Gasteiger partial charge in [-0.25, -0.2) is 0 Å². The van der Waals surface area contributed by atoms with E-state index in [2.05, 4.69) is 45.1 Å². The lowest BCUT2D eigenvalue weighted by Crippen LogP contribution is -2.20. The number of hydrogen-bond donors (Lipinski definition) is 1. The van der Waals surface area contributed by atoms with Crippen LogP contribution in [0.1, 0.15) is 46.1 Å². The molecule has 0 radical (unpaired) electrons. The molecule has 112 valence electrons. The van der Waals surface area contributed by atoms with Crippen LogP contribution in [0.3, 0.4) is 0 Å². The van der Waals surface area contributed by atoms with Crippen molar-refractivity contribution < 1.29 is 9.47 Å². The van der Waals surface area contributed by atoms with Crippen LogP contribution in [-0.2, 0) is 10.2 Å². The van der Waals surface area contributed by atoms with Crippen molar-refractivity contribution in [3.8, 4) is 5.75 Å². The van der Waals surface area contributed by atoms with Crippen LogP contribution in [0.25, 0.3) is 0 Å². The minimum Gasteiger partial charge on any atom is -0.495 e. The van der Waals surface area contributed by atoms with Gasteiger partial charge in [-0.3, -0.25) is 0 Å². The molecule has 3 heteroatoms. The Morgan fingerprint density at radius 1 is 1.30 bits per heavy atom. The third-order valence-corrected chi connectivity index (χ3v) is 3.91.